The first-order chi connectivity index (χ1) is 13.6. The molecule has 1 aliphatic rings. The van der Waals surface area contributed by atoms with Gasteiger partial charge < -0.3 is 0 Å². The fourth-order valence-electron chi connectivity index (χ4n) is 3.34. The second kappa shape index (κ2) is 6.35. The molecule has 0 aromatic heterocycles. The summed E-state index contributed by atoms with van der Waals surface area (Å²) < 4.78 is 65.4. The maximum absolute atomic E-state index is 13.1. The van der Waals surface area contributed by atoms with Gasteiger partial charge in [0.2, 0.25) is 0 Å². The number of carbonyl (C=O) groups is 1. The average molecular weight is 418 g/mol. The standard InChI is InChI=1S/C20H13F3N2O3S/c1-2-29(27,28)24-16-9-10-17-18-14(16)7-4-8-15(18)19(26)25(17)13-6-3-5-12(11-13)20(21,22)23/h2-11,24H,1H2. The molecule has 0 radical (unpaired) electrons. The maximum atomic E-state index is 13.1. The number of rotatable bonds is 4. The minimum Gasteiger partial charge on any atom is -0.280 e. The number of benzene rings is 3. The van der Waals surface area contributed by atoms with Gasteiger partial charge in [0.05, 0.1) is 22.5 Å². The molecule has 1 heterocycles. The molecule has 29 heavy (non-hydrogen) atoms. The first-order valence-corrected chi connectivity index (χ1v) is 9.90. The van der Waals surface area contributed by atoms with Crippen molar-refractivity contribution in [2.24, 2.45) is 0 Å². The van der Waals surface area contributed by atoms with E-state index in [9.17, 15) is 26.4 Å². The average Bonchev–Trinajstić information content (AvgIpc) is 2.97. The van der Waals surface area contributed by atoms with Crippen molar-refractivity contribution in [2.75, 3.05) is 9.62 Å². The van der Waals surface area contributed by atoms with Crippen LogP contribution in [0, 0.1) is 0 Å². The number of hydrogen-bond acceptors (Lipinski definition) is 3. The summed E-state index contributed by atoms with van der Waals surface area (Å²) in [5.74, 6) is -0.492. The number of nitrogens with one attached hydrogen (secondary N) is 1. The van der Waals surface area contributed by atoms with E-state index in [0.29, 0.717) is 16.5 Å². The molecule has 9 heteroatoms. The molecule has 0 unspecified atom stereocenters. The number of anilines is 3. The van der Waals surface area contributed by atoms with Gasteiger partial charge in [-0.25, -0.2) is 8.42 Å². The summed E-state index contributed by atoms with van der Waals surface area (Å²) >= 11 is 0. The van der Waals surface area contributed by atoms with Crippen LogP contribution in [0.15, 0.2) is 66.6 Å². The molecule has 0 saturated heterocycles. The molecule has 5 nitrogen and oxygen atoms in total. The second-order valence-corrected chi connectivity index (χ2v) is 7.99. The number of carbonyl (C=O) groups excluding carboxylic acids is 1. The number of alkyl halides is 3. The molecule has 1 aliphatic heterocycles. The third kappa shape index (κ3) is 3.13. The van der Waals surface area contributed by atoms with E-state index < -0.39 is 27.7 Å². The Bertz CT molecular complexity index is 1280. The molecule has 0 aliphatic carbocycles. The third-order valence-electron chi connectivity index (χ3n) is 4.60. The molecule has 3 aromatic carbocycles. The second-order valence-electron chi connectivity index (χ2n) is 6.36. The lowest BCUT2D eigenvalue weighted by molar-refractivity contribution is -0.137. The SMILES string of the molecule is C=CS(=O)(=O)Nc1ccc2c3c(cccc13)C(=O)N2c1cccc(C(F)(F)F)c1. The summed E-state index contributed by atoms with van der Waals surface area (Å²) in [6.45, 7) is 3.24. The highest BCUT2D eigenvalue weighted by Gasteiger charge is 2.35. The first kappa shape index (κ1) is 19.0. The summed E-state index contributed by atoms with van der Waals surface area (Å²) in [5, 5.41) is 1.67. The van der Waals surface area contributed by atoms with E-state index in [4.69, 9.17) is 0 Å². The number of halogens is 3. The molecule has 1 amide bonds. The van der Waals surface area contributed by atoms with E-state index in [2.05, 4.69) is 11.3 Å². The Morgan fingerprint density at radius 3 is 2.45 bits per heavy atom. The van der Waals surface area contributed by atoms with Gasteiger partial charge in [-0.05, 0) is 36.4 Å². The van der Waals surface area contributed by atoms with Crippen LogP contribution in [0.5, 0.6) is 0 Å². The monoisotopic (exact) mass is 418 g/mol. The maximum Gasteiger partial charge on any atom is 0.416 e. The molecule has 0 spiro atoms. The molecule has 0 atom stereocenters. The van der Waals surface area contributed by atoms with Gasteiger partial charge in [0.1, 0.15) is 0 Å². The van der Waals surface area contributed by atoms with Gasteiger partial charge in [-0.1, -0.05) is 24.8 Å². The molecular weight excluding hydrogens is 405 g/mol. The van der Waals surface area contributed by atoms with Crippen molar-refractivity contribution < 1.29 is 26.4 Å². The summed E-state index contributed by atoms with van der Waals surface area (Å²) in [4.78, 5) is 14.2. The van der Waals surface area contributed by atoms with Crippen LogP contribution >= 0.6 is 0 Å². The Morgan fingerprint density at radius 1 is 1.03 bits per heavy atom. The van der Waals surface area contributed by atoms with E-state index in [1.54, 1.807) is 18.2 Å². The van der Waals surface area contributed by atoms with Crippen molar-refractivity contribution in [3.05, 3.63) is 77.7 Å². The summed E-state index contributed by atoms with van der Waals surface area (Å²) in [6.07, 6.45) is -4.55. The van der Waals surface area contributed by atoms with Crippen molar-refractivity contribution >= 4 is 43.8 Å². The molecule has 1 N–H and O–H groups in total. The topological polar surface area (TPSA) is 66.5 Å². The molecular formula is C20H13F3N2O3S. The summed E-state index contributed by atoms with van der Waals surface area (Å²) in [7, 11) is -3.78. The molecule has 0 fully saturated rings. The van der Waals surface area contributed by atoms with E-state index in [1.165, 1.54) is 29.2 Å². The highest BCUT2D eigenvalue weighted by atomic mass is 32.2. The van der Waals surface area contributed by atoms with Crippen molar-refractivity contribution in [3.63, 3.8) is 0 Å². The third-order valence-corrected chi connectivity index (χ3v) is 5.54. The largest absolute Gasteiger partial charge is 0.416 e. The van der Waals surface area contributed by atoms with Crippen LogP contribution < -0.4 is 9.62 Å². The predicted octanol–water partition coefficient (Wildman–Crippen LogP) is 5.04. The molecule has 0 saturated carbocycles. The fourth-order valence-corrected chi connectivity index (χ4v) is 3.91. The predicted molar refractivity (Wildman–Crippen MR) is 105 cm³/mol. The van der Waals surface area contributed by atoms with Gasteiger partial charge in [0, 0.05) is 21.9 Å². The molecule has 0 bridgehead atoms. The van der Waals surface area contributed by atoms with Crippen LogP contribution in [0.2, 0.25) is 0 Å². The number of amides is 1. The zero-order valence-corrected chi connectivity index (χ0v) is 15.5. The van der Waals surface area contributed by atoms with Crippen LogP contribution in [0.25, 0.3) is 10.8 Å². The normalized spacial score (nSPS) is 13.8. The Balaban J connectivity index is 1.90. The Labute approximate surface area is 164 Å². The zero-order chi connectivity index (χ0) is 21.0. The lowest BCUT2D eigenvalue weighted by Crippen LogP contribution is -2.21. The smallest absolute Gasteiger partial charge is 0.280 e. The Morgan fingerprint density at radius 2 is 1.76 bits per heavy atom. The van der Waals surface area contributed by atoms with Crippen molar-refractivity contribution in [3.8, 4) is 0 Å². The lowest BCUT2D eigenvalue weighted by Gasteiger charge is -2.19. The van der Waals surface area contributed by atoms with Gasteiger partial charge in [-0.2, -0.15) is 13.2 Å². The minimum absolute atomic E-state index is 0.0711. The highest BCUT2D eigenvalue weighted by molar-refractivity contribution is 7.95. The molecule has 148 valence electrons. The van der Waals surface area contributed by atoms with Crippen LogP contribution in [0.3, 0.4) is 0 Å². The van der Waals surface area contributed by atoms with Crippen LogP contribution in [-0.4, -0.2) is 14.3 Å². The fraction of sp³-hybridized carbons (Fsp3) is 0.0500. The van der Waals surface area contributed by atoms with Crippen molar-refractivity contribution in [1.82, 2.24) is 0 Å². The minimum atomic E-state index is -4.55. The summed E-state index contributed by atoms with van der Waals surface area (Å²) in [5.41, 5.74) is 0.0901. The van der Waals surface area contributed by atoms with Crippen LogP contribution in [-0.2, 0) is 16.2 Å². The van der Waals surface area contributed by atoms with Crippen LogP contribution in [0.1, 0.15) is 15.9 Å². The Kier molecular flexibility index (Phi) is 4.16. The number of sulfonamides is 1. The van der Waals surface area contributed by atoms with Crippen molar-refractivity contribution in [1.29, 1.82) is 0 Å². The number of hydrogen-bond donors (Lipinski definition) is 1. The van der Waals surface area contributed by atoms with Gasteiger partial charge in [0.25, 0.3) is 15.9 Å². The van der Waals surface area contributed by atoms with Gasteiger partial charge >= 0.3 is 6.18 Å². The van der Waals surface area contributed by atoms with Gasteiger partial charge in [-0.3, -0.25) is 14.4 Å². The van der Waals surface area contributed by atoms with E-state index in [0.717, 1.165) is 17.5 Å². The van der Waals surface area contributed by atoms with E-state index in [-0.39, 0.29) is 16.9 Å². The van der Waals surface area contributed by atoms with Gasteiger partial charge in [-0.15, -0.1) is 0 Å². The van der Waals surface area contributed by atoms with Crippen LogP contribution in [0.4, 0.5) is 30.2 Å². The van der Waals surface area contributed by atoms with E-state index >= 15 is 0 Å². The molecule has 3 aromatic rings. The first-order valence-electron chi connectivity index (χ1n) is 8.35. The molecule has 4 rings (SSSR count). The van der Waals surface area contributed by atoms with E-state index in [1.807, 2.05) is 0 Å². The highest BCUT2D eigenvalue weighted by Crippen LogP contribution is 2.45. The summed E-state index contributed by atoms with van der Waals surface area (Å²) in [6, 6.07) is 12.2. The quantitative estimate of drug-likeness (QED) is 0.646. The lowest BCUT2D eigenvalue weighted by atomic mass is 10.0. The zero-order valence-electron chi connectivity index (χ0n) is 14.7. The number of nitrogens with zero attached hydrogens (tertiary/aromatic N) is 1. The Hall–Kier alpha value is -3.33. The van der Waals surface area contributed by atoms with Crippen molar-refractivity contribution in [2.45, 2.75) is 6.18 Å². The van der Waals surface area contributed by atoms with Gasteiger partial charge in [0.15, 0.2) is 0 Å².